The quantitative estimate of drug-likeness (QED) is 0.695. The molecule has 0 fully saturated rings. The molecule has 0 amide bonds. The van der Waals surface area contributed by atoms with Crippen LogP contribution in [0.15, 0.2) is 41.3 Å². The SMILES string of the molecule is CCc1cc(NCCc2cc[nH]c(=O)c2)nc(-c2cc(F)c(C)cc2F)n1. The van der Waals surface area contributed by atoms with E-state index in [4.69, 9.17) is 0 Å². The van der Waals surface area contributed by atoms with Crippen LogP contribution >= 0.6 is 0 Å². The van der Waals surface area contributed by atoms with E-state index in [1.165, 1.54) is 13.0 Å². The molecule has 27 heavy (non-hydrogen) atoms. The van der Waals surface area contributed by atoms with Gasteiger partial charge in [-0.2, -0.15) is 0 Å². The highest BCUT2D eigenvalue weighted by Crippen LogP contribution is 2.24. The summed E-state index contributed by atoms with van der Waals surface area (Å²) in [6.45, 7) is 3.97. The van der Waals surface area contributed by atoms with Gasteiger partial charge in [0.2, 0.25) is 5.56 Å². The topological polar surface area (TPSA) is 70.7 Å². The van der Waals surface area contributed by atoms with Crippen molar-refractivity contribution in [3.05, 3.63) is 75.3 Å². The number of benzene rings is 1. The molecule has 0 bridgehead atoms. The lowest BCUT2D eigenvalue weighted by molar-refractivity contribution is 0.594. The van der Waals surface area contributed by atoms with Gasteiger partial charge in [0.1, 0.15) is 17.5 Å². The zero-order valence-corrected chi connectivity index (χ0v) is 15.1. The van der Waals surface area contributed by atoms with E-state index in [0.29, 0.717) is 25.2 Å². The molecule has 2 aromatic heterocycles. The zero-order chi connectivity index (χ0) is 19.4. The molecule has 0 saturated carbocycles. The van der Waals surface area contributed by atoms with Gasteiger partial charge in [0.05, 0.1) is 5.56 Å². The third kappa shape index (κ3) is 4.55. The van der Waals surface area contributed by atoms with Gasteiger partial charge in [0.25, 0.3) is 0 Å². The Kier molecular flexibility index (Phi) is 5.59. The number of halogens is 2. The molecule has 0 saturated heterocycles. The number of hydrogen-bond acceptors (Lipinski definition) is 4. The Morgan fingerprint density at radius 3 is 2.67 bits per heavy atom. The molecule has 5 nitrogen and oxygen atoms in total. The van der Waals surface area contributed by atoms with E-state index in [9.17, 15) is 13.6 Å². The summed E-state index contributed by atoms with van der Waals surface area (Å²) in [7, 11) is 0. The summed E-state index contributed by atoms with van der Waals surface area (Å²) in [4.78, 5) is 22.6. The highest BCUT2D eigenvalue weighted by atomic mass is 19.1. The minimum absolute atomic E-state index is 0.0334. The molecule has 0 atom stereocenters. The Labute approximate surface area is 155 Å². The molecule has 0 radical (unpaired) electrons. The summed E-state index contributed by atoms with van der Waals surface area (Å²) in [6, 6.07) is 7.42. The molecule has 3 aromatic rings. The maximum absolute atomic E-state index is 14.3. The molecular formula is C20H20F2N4O. The molecular weight excluding hydrogens is 350 g/mol. The summed E-state index contributed by atoms with van der Waals surface area (Å²) in [5, 5.41) is 3.16. The van der Waals surface area contributed by atoms with Crippen molar-refractivity contribution in [2.45, 2.75) is 26.7 Å². The Bertz CT molecular complexity index is 1020. The number of aromatic nitrogens is 3. The minimum atomic E-state index is -0.559. The van der Waals surface area contributed by atoms with E-state index in [2.05, 4.69) is 20.3 Å². The molecule has 3 rings (SSSR count). The summed E-state index contributed by atoms with van der Waals surface area (Å²) in [5.41, 5.74) is 1.73. The number of rotatable bonds is 6. The summed E-state index contributed by atoms with van der Waals surface area (Å²) >= 11 is 0. The molecule has 2 N–H and O–H groups in total. The average Bonchev–Trinajstić information content (AvgIpc) is 2.64. The number of pyridine rings is 1. The monoisotopic (exact) mass is 370 g/mol. The van der Waals surface area contributed by atoms with Crippen molar-refractivity contribution < 1.29 is 8.78 Å². The molecule has 0 aliphatic rings. The van der Waals surface area contributed by atoms with Crippen LogP contribution in [0.1, 0.15) is 23.7 Å². The number of nitrogens with one attached hydrogen (secondary N) is 2. The lowest BCUT2D eigenvalue weighted by Crippen LogP contribution is -2.11. The first-order valence-electron chi connectivity index (χ1n) is 8.71. The number of hydrogen-bond donors (Lipinski definition) is 2. The first-order valence-corrected chi connectivity index (χ1v) is 8.71. The first-order chi connectivity index (χ1) is 13.0. The smallest absolute Gasteiger partial charge is 0.248 e. The molecule has 2 heterocycles. The first kappa shape index (κ1) is 18.7. The van der Waals surface area contributed by atoms with Crippen LogP contribution in [0.3, 0.4) is 0 Å². The second-order valence-corrected chi connectivity index (χ2v) is 6.24. The lowest BCUT2D eigenvalue weighted by atomic mass is 10.1. The fourth-order valence-corrected chi connectivity index (χ4v) is 2.69. The zero-order valence-electron chi connectivity index (χ0n) is 15.1. The van der Waals surface area contributed by atoms with Gasteiger partial charge in [-0.05, 0) is 49.1 Å². The highest BCUT2D eigenvalue weighted by molar-refractivity contribution is 5.59. The minimum Gasteiger partial charge on any atom is -0.370 e. The normalized spacial score (nSPS) is 10.8. The average molecular weight is 370 g/mol. The Morgan fingerprint density at radius 1 is 1.11 bits per heavy atom. The van der Waals surface area contributed by atoms with Crippen molar-refractivity contribution in [2.24, 2.45) is 0 Å². The van der Waals surface area contributed by atoms with Crippen molar-refractivity contribution in [3.63, 3.8) is 0 Å². The number of H-pyrrole nitrogens is 1. The second kappa shape index (κ2) is 8.07. The van der Waals surface area contributed by atoms with E-state index < -0.39 is 11.6 Å². The highest BCUT2D eigenvalue weighted by Gasteiger charge is 2.14. The maximum Gasteiger partial charge on any atom is 0.248 e. The molecule has 140 valence electrons. The maximum atomic E-state index is 14.3. The van der Waals surface area contributed by atoms with Gasteiger partial charge in [-0.15, -0.1) is 0 Å². The predicted molar refractivity (Wildman–Crippen MR) is 101 cm³/mol. The fraction of sp³-hybridized carbons (Fsp3) is 0.250. The van der Waals surface area contributed by atoms with E-state index in [1.54, 1.807) is 12.3 Å². The standard InChI is InChI=1S/C20H20F2N4O/c1-3-14-10-18(23-6-4-13-5-7-24-19(27)9-13)26-20(25-14)15-11-16(21)12(2)8-17(15)22/h5,7-11H,3-4,6H2,1-2H3,(H,24,27)(H,23,25,26). The van der Waals surface area contributed by atoms with Crippen LogP contribution in [0.4, 0.5) is 14.6 Å². The van der Waals surface area contributed by atoms with Gasteiger partial charge in [-0.1, -0.05) is 6.92 Å². The molecule has 1 aromatic carbocycles. The lowest BCUT2D eigenvalue weighted by Gasteiger charge is -2.11. The van der Waals surface area contributed by atoms with E-state index in [-0.39, 0.29) is 22.5 Å². The van der Waals surface area contributed by atoms with Gasteiger partial charge in [0.15, 0.2) is 5.82 Å². The number of aryl methyl sites for hydroxylation is 2. The van der Waals surface area contributed by atoms with Crippen LogP contribution in [-0.2, 0) is 12.8 Å². The van der Waals surface area contributed by atoms with Crippen molar-refractivity contribution in [1.29, 1.82) is 0 Å². The number of nitrogens with zero attached hydrogens (tertiary/aromatic N) is 2. The number of anilines is 1. The second-order valence-electron chi connectivity index (χ2n) is 6.24. The Morgan fingerprint density at radius 2 is 1.93 bits per heavy atom. The van der Waals surface area contributed by atoms with Crippen LogP contribution < -0.4 is 10.9 Å². The largest absolute Gasteiger partial charge is 0.370 e. The van der Waals surface area contributed by atoms with E-state index in [1.807, 2.05) is 13.0 Å². The van der Waals surface area contributed by atoms with Crippen LogP contribution in [-0.4, -0.2) is 21.5 Å². The fourth-order valence-electron chi connectivity index (χ4n) is 2.69. The third-order valence-electron chi connectivity index (χ3n) is 4.19. The van der Waals surface area contributed by atoms with Crippen LogP contribution in [0.25, 0.3) is 11.4 Å². The van der Waals surface area contributed by atoms with Crippen LogP contribution in [0.5, 0.6) is 0 Å². The van der Waals surface area contributed by atoms with Crippen molar-refractivity contribution in [1.82, 2.24) is 15.0 Å². The van der Waals surface area contributed by atoms with Crippen LogP contribution in [0, 0.1) is 18.6 Å². The summed E-state index contributed by atoms with van der Waals surface area (Å²) in [6.07, 6.45) is 2.86. The van der Waals surface area contributed by atoms with Crippen LogP contribution in [0.2, 0.25) is 0 Å². The predicted octanol–water partition coefficient (Wildman–Crippen LogP) is 3.64. The summed E-state index contributed by atoms with van der Waals surface area (Å²) in [5.74, 6) is -0.385. The summed E-state index contributed by atoms with van der Waals surface area (Å²) < 4.78 is 28.2. The Balaban J connectivity index is 1.83. The van der Waals surface area contributed by atoms with Crippen molar-refractivity contribution in [3.8, 4) is 11.4 Å². The van der Waals surface area contributed by atoms with Gasteiger partial charge >= 0.3 is 0 Å². The molecule has 0 unspecified atom stereocenters. The van der Waals surface area contributed by atoms with Crippen molar-refractivity contribution >= 4 is 5.82 Å². The molecule has 0 spiro atoms. The molecule has 0 aliphatic carbocycles. The van der Waals surface area contributed by atoms with Gasteiger partial charge in [-0.25, -0.2) is 18.7 Å². The van der Waals surface area contributed by atoms with Gasteiger partial charge in [-0.3, -0.25) is 4.79 Å². The van der Waals surface area contributed by atoms with Crippen molar-refractivity contribution in [2.75, 3.05) is 11.9 Å². The van der Waals surface area contributed by atoms with Gasteiger partial charge in [0, 0.05) is 30.6 Å². The van der Waals surface area contributed by atoms with E-state index >= 15 is 0 Å². The van der Waals surface area contributed by atoms with E-state index in [0.717, 1.165) is 23.4 Å². The third-order valence-corrected chi connectivity index (χ3v) is 4.19. The molecule has 0 aliphatic heterocycles. The molecule has 7 heteroatoms. The Hall–Kier alpha value is -3.09. The number of aromatic amines is 1. The van der Waals surface area contributed by atoms with Gasteiger partial charge < -0.3 is 10.3 Å².